The van der Waals surface area contributed by atoms with Crippen molar-refractivity contribution in [1.29, 1.82) is 0 Å². The molecule has 1 aromatic carbocycles. The number of nitrogens with zero attached hydrogens (tertiary/aromatic N) is 1. The highest BCUT2D eigenvalue weighted by Gasteiger charge is 2.26. The van der Waals surface area contributed by atoms with Crippen molar-refractivity contribution in [2.45, 2.75) is 32.7 Å². The van der Waals surface area contributed by atoms with Crippen molar-refractivity contribution in [3.63, 3.8) is 0 Å². The van der Waals surface area contributed by atoms with Crippen LogP contribution in [0.25, 0.3) is 0 Å². The average Bonchev–Trinajstić information content (AvgIpc) is 2.35. The smallest absolute Gasteiger partial charge is 0.305 e. The Balaban J connectivity index is 2.61. The fraction of sp³-hybridized carbons (Fsp3) is 0.467. The molecule has 0 aliphatic carbocycles. The lowest BCUT2D eigenvalue weighted by Gasteiger charge is -2.35. The Hall–Kier alpha value is -2.04. The Labute approximate surface area is 119 Å². The molecule has 0 saturated carbocycles. The van der Waals surface area contributed by atoms with Crippen LogP contribution in [-0.2, 0) is 9.59 Å². The number of aliphatic carboxylic acids is 1. The molecule has 0 aliphatic heterocycles. The van der Waals surface area contributed by atoms with Gasteiger partial charge in [0, 0.05) is 17.8 Å². The quantitative estimate of drug-likeness (QED) is 0.837. The number of hydrogen-bond acceptors (Lipinski definition) is 3. The second-order valence-electron chi connectivity index (χ2n) is 5.58. The van der Waals surface area contributed by atoms with Crippen LogP contribution in [0.5, 0.6) is 0 Å². The van der Waals surface area contributed by atoms with E-state index in [4.69, 9.17) is 5.11 Å². The number of benzene rings is 1. The molecule has 0 aromatic heterocycles. The van der Waals surface area contributed by atoms with Crippen molar-refractivity contribution >= 4 is 17.6 Å². The van der Waals surface area contributed by atoms with E-state index in [-0.39, 0.29) is 25.4 Å². The van der Waals surface area contributed by atoms with Crippen LogP contribution in [0.1, 0.15) is 27.2 Å². The maximum Gasteiger partial charge on any atom is 0.305 e. The molecule has 1 rings (SSSR count). The molecule has 0 unspecified atom stereocenters. The molecule has 20 heavy (non-hydrogen) atoms. The minimum absolute atomic E-state index is 0.0473. The number of carboxylic acids is 1. The predicted octanol–water partition coefficient (Wildman–Crippen LogP) is 2.20. The average molecular weight is 278 g/mol. The molecule has 1 amide bonds. The van der Waals surface area contributed by atoms with Crippen LogP contribution in [0.3, 0.4) is 0 Å². The minimum atomic E-state index is -0.900. The Morgan fingerprint density at radius 1 is 1.20 bits per heavy atom. The van der Waals surface area contributed by atoms with Gasteiger partial charge in [-0.05, 0) is 32.9 Å². The minimum Gasteiger partial charge on any atom is -0.481 e. The van der Waals surface area contributed by atoms with Gasteiger partial charge in [0.2, 0.25) is 5.91 Å². The van der Waals surface area contributed by atoms with E-state index in [9.17, 15) is 9.59 Å². The standard InChI is InChI=1S/C15H22N2O3/c1-15(2,3)17(10-9-14(19)20)13(18)11-16-12-7-5-4-6-8-12/h4-8,16H,9-11H2,1-3H3,(H,19,20). The first kappa shape index (κ1) is 16.0. The molecule has 0 bridgehead atoms. The van der Waals surface area contributed by atoms with Crippen molar-refractivity contribution in [3.05, 3.63) is 30.3 Å². The number of hydrogen-bond donors (Lipinski definition) is 2. The van der Waals surface area contributed by atoms with Gasteiger partial charge >= 0.3 is 5.97 Å². The third-order valence-electron chi connectivity index (χ3n) is 2.88. The molecule has 110 valence electrons. The maximum atomic E-state index is 12.2. The van der Waals surface area contributed by atoms with Crippen LogP contribution in [0.2, 0.25) is 0 Å². The molecule has 0 atom stereocenters. The van der Waals surface area contributed by atoms with Gasteiger partial charge in [-0.2, -0.15) is 0 Å². The van der Waals surface area contributed by atoms with Gasteiger partial charge in [0.25, 0.3) is 0 Å². The van der Waals surface area contributed by atoms with Gasteiger partial charge < -0.3 is 15.3 Å². The highest BCUT2D eigenvalue weighted by molar-refractivity contribution is 5.82. The van der Waals surface area contributed by atoms with Crippen LogP contribution in [-0.4, -0.2) is 40.5 Å². The van der Waals surface area contributed by atoms with Crippen molar-refractivity contribution in [3.8, 4) is 0 Å². The Bertz CT molecular complexity index is 452. The number of para-hydroxylation sites is 1. The fourth-order valence-corrected chi connectivity index (χ4v) is 1.87. The SMILES string of the molecule is CC(C)(C)N(CCC(=O)O)C(=O)CNc1ccccc1. The van der Waals surface area contributed by atoms with Gasteiger partial charge in [-0.25, -0.2) is 0 Å². The van der Waals surface area contributed by atoms with E-state index in [1.165, 1.54) is 0 Å². The van der Waals surface area contributed by atoms with Crippen LogP contribution in [0.15, 0.2) is 30.3 Å². The number of rotatable bonds is 6. The largest absolute Gasteiger partial charge is 0.481 e. The Kier molecular flexibility index (Phi) is 5.55. The number of carboxylic acid groups (broad SMARTS) is 1. The summed E-state index contributed by atoms with van der Waals surface area (Å²) in [7, 11) is 0. The topological polar surface area (TPSA) is 69.6 Å². The molecule has 0 spiro atoms. The van der Waals surface area contributed by atoms with Gasteiger partial charge in [-0.3, -0.25) is 9.59 Å². The van der Waals surface area contributed by atoms with Gasteiger partial charge in [-0.1, -0.05) is 18.2 Å². The van der Waals surface area contributed by atoms with Crippen molar-refractivity contribution in [2.24, 2.45) is 0 Å². The summed E-state index contributed by atoms with van der Waals surface area (Å²) in [6.07, 6.45) is -0.0473. The molecular weight excluding hydrogens is 256 g/mol. The van der Waals surface area contributed by atoms with E-state index in [0.717, 1.165) is 5.69 Å². The molecule has 5 nitrogen and oxygen atoms in total. The second-order valence-corrected chi connectivity index (χ2v) is 5.58. The third-order valence-corrected chi connectivity index (χ3v) is 2.88. The van der Waals surface area contributed by atoms with E-state index in [2.05, 4.69) is 5.32 Å². The Morgan fingerprint density at radius 2 is 1.80 bits per heavy atom. The first-order chi connectivity index (χ1) is 9.30. The molecule has 0 aliphatic rings. The number of nitrogens with one attached hydrogen (secondary N) is 1. The van der Waals surface area contributed by atoms with Crippen LogP contribution in [0.4, 0.5) is 5.69 Å². The van der Waals surface area contributed by atoms with Crippen molar-refractivity contribution < 1.29 is 14.7 Å². The van der Waals surface area contributed by atoms with E-state index in [1.807, 2.05) is 51.1 Å². The molecular formula is C15H22N2O3. The van der Waals surface area contributed by atoms with Crippen LogP contribution in [0, 0.1) is 0 Å². The van der Waals surface area contributed by atoms with Gasteiger partial charge in [-0.15, -0.1) is 0 Å². The molecule has 0 radical (unpaired) electrons. The summed E-state index contributed by atoms with van der Waals surface area (Å²) in [5, 5.41) is 11.8. The zero-order valence-electron chi connectivity index (χ0n) is 12.2. The van der Waals surface area contributed by atoms with E-state index in [0.29, 0.717) is 0 Å². The summed E-state index contributed by atoms with van der Waals surface area (Å²) in [6.45, 7) is 6.06. The van der Waals surface area contributed by atoms with Crippen molar-refractivity contribution in [1.82, 2.24) is 4.90 Å². The molecule has 0 heterocycles. The summed E-state index contributed by atoms with van der Waals surface area (Å²) < 4.78 is 0. The number of anilines is 1. The summed E-state index contributed by atoms with van der Waals surface area (Å²) >= 11 is 0. The molecule has 1 aromatic rings. The molecule has 2 N–H and O–H groups in total. The lowest BCUT2D eigenvalue weighted by atomic mass is 10.1. The summed E-state index contributed by atoms with van der Waals surface area (Å²) in [5.41, 5.74) is 0.471. The van der Waals surface area contributed by atoms with Crippen LogP contribution >= 0.6 is 0 Å². The zero-order chi connectivity index (χ0) is 15.2. The number of carbonyl (C=O) groups is 2. The van der Waals surface area contributed by atoms with Gasteiger partial charge in [0.1, 0.15) is 0 Å². The lowest BCUT2D eigenvalue weighted by Crippen LogP contribution is -2.48. The van der Waals surface area contributed by atoms with Crippen molar-refractivity contribution in [2.75, 3.05) is 18.4 Å². The first-order valence-electron chi connectivity index (χ1n) is 6.62. The second kappa shape index (κ2) is 6.93. The molecule has 0 fully saturated rings. The normalized spacial score (nSPS) is 10.9. The van der Waals surface area contributed by atoms with Crippen LogP contribution < -0.4 is 5.32 Å². The monoisotopic (exact) mass is 278 g/mol. The van der Waals surface area contributed by atoms with E-state index in [1.54, 1.807) is 4.90 Å². The summed E-state index contributed by atoms with van der Waals surface area (Å²) in [5.74, 6) is -1.01. The van der Waals surface area contributed by atoms with E-state index < -0.39 is 11.5 Å². The summed E-state index contributed by atoms with van der Waals surface area (Å²) in [6, 6.07) is 9.44. The molecule has 5 heteroatoms. The number of carbonyl (C=O) groups excluding carboxylic acids is 1. The summed E-state index contributed by atoms with van der Waals surface area (Å²) in [4.78, 5) is 24.5. The highest BCUT2D eigenvalue weighted by Crippen LogP contribution is 2.14. The molecule has 0 saturated heterocycles. The van der Waals surface area contributed by atoms with Gasteiger partial charge in [0.05, 0.1) is 13.0 Å². The van der Waals surface area contributed by atoms with Gasteiger partial charge in [0.15, 0.2) is 0 Å². The Morgan fingerprint density at radius 3 is 2.30 bits per heavy atom. The third kappa shape index (κ3) is 5.30. The fourth-order valence-electron chi connectivity index (χ4n) is 1.87. The van der Waals surface area contributed by atoms with E-state index >= 15 is 0 Å². The zero-order valence-corrected chi connectivity index (χ0v) is 12.2. The maximum absolute atomic E-state index is 12.2. The highest BCUT2D eigenvalue weighted by atomic mass is 16.4. The predicted molar refractivity (Wildman–Crippen MR) is 78.7 cm³/mol. The first-order valence-corrected chi connectivity index (χ1v) is 6.62. The number of amides is 1. The lowest BCUT2D eigenvalue weighted by molar-refractivity contribution is -0.139.